The maximum atomic E-state index is 12.5. The Morgan fingerprint density at radius 1 is 1.07 bits per heavy atom. The third kappa shape index (κ3) is 4.58. The van der Waals surface area contributed by atoms with Gasteiger partial charge < -0.3 is 15.4 Å². The molecule has 0 spiro atoms. The first-order chi connectivity index (χ1) is 13.1. The van der Waals surface area contributed by atoms with E-state index >= 15 is 0 Å². The van der Waals surface area contributed by atoms with Gasteiger partial charge in [-0.2, -0.15) is 5.26 Å². The van der Waals surface area contributed by atoms with Gasteiger partial charge in [0.1, 0.15) is 11.4 Å². The standard InChI is InChI=1S/C20H17N5O2/c1-13-10-18(19(26)23-15-8-6-14(12-21)7-9-15)25-20(22-13)24-16-4-3-5-17(11-16)27-2/h3-11H,1-2H3,(H,23,26)(H,22,24,25). The molecule has 27 heavy (non-hydrogen) atoms. The Morgan fingerprint density at radius 2 is 1.85 bits per heavy atom. The van der Waals surface area contributed by atoms with Gasteiger partial charge in [0.25, 0.3) is 5.91 Å². The van der Waals surface area contributed by atoms with E-state index in [1.54, 1.807) is 44.4 Å². The van der Waals surface area contributed by atoms with E-state index in [0.29, 0.717) is 28.6 Å². The van der Waals surface area contributed by atoms with Gasteiger partial charge in [-0.05, 0) is 49.4 Å². The number of aromatic nitrogens is 2. The maximum absolute atomic E-state index is 12.5. The van der Waals surface area contributed by atoms with Crippen LogP contribution in [0.25, 0.3) is 0 Å². The summed E-state index contributed by atoms with van der Waals surface area (Å²) in [6.45, 7) is 1.79. The second kappa shape index (κ2) is 7.97. The van der Waals surface area contributed by atoms with Crippen molar-refractivity contribution >= 4 is 23.2 Å². The summed E-state index contributed by atoms with van der Waals surface area (Å²) in [6.07, 6.45) is 0. The monoisotopic (exact) mass is 359 g/mol. The van der Waals surface area contributed by atoms with Crippen LogP contribution in [-0.4, -0.2) is 23.0 Å². The van der Waals surface area contributed by atoms with Crippen molar-refractivity contribution in [2.24, 2.45) is 0 Å². The van der Waals surface area contributed by atoms with E-state index in [9.17, 15) is 4.79 Å². The maximum Gasteiger partial charge on any atom is 0.274 e. The molecule has 1 amide bonds. The van der Waals surface area contributed by atoms with Crippen molar-refractivity contribution in [3.63, 3.8) is 0 Å². The van der Waals surface area contributed by atoms with E-state index < -0.39 is 0 Å². The summed E-state index contributed by atoms with van der Waals surface area (Å²) in [5, 5.41) is 14.7. The molecule has 0 saturated carbocycles. The van der Waals surface area contributed by atoms with Crippen LogP contribution in [0.3, 0.4) is 0 Å². The topological polar surface area (TPSA) is 99.9 Å². The van der Waals surface area contributed by atoms with E-state index in [4.69, 9.17) is 10.00 Å². The van der Waals surface area contributed by atoms with Crippen LogP contribution in [-0.2, 0) is 0 Å². The van der Waals surface area contributed by atoms with Crippen LogP contribution in [0.15, 0.2) is 54.6 Å². The van der Waals surface area contributed by atoms with Crippen LogP contribution in [0.4, 0.5) is 17.3 Å². The first kappa shape index (κ1) is 17.9. The molecule has 0 atom stereocenters. The van der Waals surface area contributed by atoms with E-state index in [-0.39, 0.29) is 11.6 Å². The second-order valence-electron chi connectivity index (χ2n) is 5.72. The lowest BCUT2D eigenvalue weighted by Gasteiger charge is -2.10. The van der Waals surface area contributed by atoms with E-state index in [1.807, 2.05) is 30.3 Å². The van der Waals surface area contributed by atoms with Crippen molar-refractivity contribution in [2.45, 2.75) is 6.92 Å². The van der Waals surface area contributed by atoms with Crippen LogP contribution in [0.1, 0.15) is 21.7 Å². The molecule has 0 aliphatic carbocycles. The number of hydrogen-bond donors (Lipinski definition) is 2. The summed E-state index contributed by atoms with van der Waals surface area (Å²) in [6, 6.07) is 17.6. The molecule has 0 fully saturated rings. The Bertz CT molecular complexity index is 1010. The van der Waals surface area contributed by atoms with Crippen molar-refractivity contribution < 1.29 is 9.53 Å². The Morgan fingerprint density at radius 3 is 2.56 bits per heavy atom. The Labute approximate surface area is 156 Å². The lowest BCUT2D eigenvalue weighted by Crippen LogP contribution is -2.15. The SMILES string of the molecule is COc1cccc(Nc2nc(C)cc(C(=O)Nc3ccc(C#N)cc3)n2)c1. The lowest BCUT2D eigenvalue weighted by molar-refractivity contribution is 0.102. The van der Waals surface area contributed by atoms with Gasteiger partial charge in [-0.1, -0.05) is 6.07 Å². The average Bonchev–Trinajstić information content (AvgIpc) is 2.68. The molecule has 1 heterocycles. The molecule has 3 aromatic rings. The first-order valence-electron chi connectivity index (χ1n) is 8.15. The number of nitrogens with one attached hydrogen (secondary N) is 2. The van der Waals surface area contributed by atoms with E-state index in [0.717, 1.165) is 5.69 Å². The largest absolute Gasteiger partial charge is 0.497 e. The minimum atomic E-state index is -0.362. The third-order valence-corrected chi connectivity index (χ3v) is 3.68. The molecule has 2 N–H and O–H groups in total. The number of methoxy groups -OCH3 is 1. The average molecular weight is 359 g/mol. The summed E-state index contributed by atoms with van der Waals surface area (Å²) in [7, 11) is 1.59. The first-order valence-corrected chi connectivity index (χ1v) is 8.15. The Balaban J connectivity index is 1.79. The predicted molar refractivity (Wildman–Crippen MR) is 102 cm³/mol. The smallest absolute Gasteiger partial charge is 0.274 e. The van der Waals surface area contributed by atoms with Crippen molar-refractivity contribution in [3.05, 3.63) is 71.5 Å². The zero-order chi connectivity index (χ0) is 19.2. The number of anilines is 3. The van der Waals surface area contributed by atoms with Gasteiger partial charge in [0, 0.05) is 23.1 Å². The number of aryl methyl sites for hydroxylation is 1. The molecule has 0 aliphatic heterocycles. The van der Waals surface area contributed by atoms with Crippen LogP contribution < -0.4 is 15.4 Å². The number of hydrogen-bond acceptors (Lipinski definition) is 6. The molecule has 134 valence electrons. The van der Waals surface area contributed by atoms with Gasteiger partial charge in [0.2, 0.25) is 5.95 Å². The fourth-order valence-electron chi connectivity index (χ4n) is 2.39. The molecule has 0 unspecified atom stereocenters. The number of ether oxygens (including phenoxy) is 1. The van der Waals surface area contributed by atoms with Crippen molar-refractivity contribution in [1.82, 2.24) is 9.97 Å². The zero-order valence-corrected chi connectivity index (χ0v) is 14.9. The lowest BCUT2D eigenvalue weighted by atomic mass is 10.2. The molecular weight excluding hydrogens is 342 g/mol. The third-order valence-electron chi connectivity index (χ3n) is 3.68. The fraction of sp³-hybridized carbons (Fsp3) is 0.100. The number of benzene rings is 2. The van der Waals surface area contributed by atoms with Gasteiger partial charge in [0.05, 0.1) is 18.7 Å². The molecule has 0 radical (unpaired) electrons. The van der Waals surface area contributed by atoms with Crippen LogP contribution in [0.5, 0.6) is 5.75 Å². The van der Waals surface area contributed by atoms with Gasteiger partial charge in [-0.3, -0.25) is 4.79 Å². The Kier molecular flexibility index (Phi) is 5.28. The Hall–Kier alpha value is -3.92. The van der Waals surface area contributed by atoms with Crippen LogP contribution >= 0.6 is 0 Å². The van der Waals surface area contributed by atoms with Crippen LogP contribution in [0, 0.1) is 18.3 Å². The summed E-state index contributed by atoms with van der Waals surface area (Å²) in [4.78, 5) is 21.1. The number of carbonyl (C=O) groups is 1. The molecular formula is C20H17N5O2. The zero-order valence-electron chi connectivity index (χ0n) is 14.9. The molecule has 0 bridgehead atoms. The summed E-state index contributed by atoms with van der Waals surface area (Å²) in [5.74, 6) is 0.651. The number of nitriles is 1. The summed E-state index contributed by atoms with van der Waals surface area (Å²) in [5.41, 5.74) is 2.74. The molecule has 2 aromatic carbocycles. The predicted octanol–water partition coefficient (Wildman–Crippen LogP) is 3.66. The fourth-order valence-corrected chi connectivity index (χ4v) is 2.39. The minimum absolute atomic E-state index is 0.234. The highest BCUT2D eigenvalue weighted by atomic mass is 16.5. The quantitative estimate of drug-likeness (QED) is 0.721. The van der Waals surface area contributed by atoms with E-state index in [2.05, 4.69) is 20.6 Å². The molecule has 1 aromatic heterocycles. The molecule has 7 heteroatoms. The number of nitrogens with zero attached hydrogens (tertiary/aromatic N) is 3. The number of rotatable bonds is 5. The normalized spacial score (nSPS) is 9.96. The molecule has 7 nitrogen and oxygen atoms in total. The molecule has 0 saturated heterocycles. The van der Waals surface area contributed by atoms with E-state index in [1.165, 1.54) is 0 Å². The van der Waals surface area contributed by atoms with Crippen molar-refractivity contribution in [1.29, 1.82) is 5.26 Å². The number of carbonyl (C=O) groups excluding carboxylic acids is 1. The van der Waals surface area contributed by atoms with Crippen molar-refractivity contribution in [3.8, 4) is 11.8 Å². The molecule has 0 aliphatic rings. The van der Waals surface area contributed by atoms with Crippen LogP contribution in [0.2, 0.25) is 0 Å². The summed E-state index contributed by atoms with van der Waals surface area (Å²) >= 11 is 0. The highest BCUT2D eigenvalue weighted by Crippen LogP contribution is 2.20. The highest BCUT2D eigenvalue weighted by Gasteiger charge is 2.11. The van der Waals surface area contributed by atoms with Crippen molar-refractivity contribution in [2.75, 3.05) is 17.7 Å². The van der Waals surface area contributed by atoms with Gasteiger partial charge in [-0.15, -0.1) is 0 Å². The van der Waals surface area contributed by atoms with Gasteiger partial charge >= 0.3 is 0 Å². The highest BCUT2D eigenvalue weighted by molar-refractivity contribution is 6.03. The second-order valence-corrected chi connectivity index (χ2v) is 5.72. The van der Waals surface area contributed by atoms with Gasteiger partial charge in [0.15, 0.2) is 0 Å². The van der Waals surface area contributed by atoms with Gasteiger partial charge in [-0.25, -0.2) is 9.97 Å². The molecule has 3 rings (SSSR count). The minimum Gasteiger partial charge on any atom is -0.497 e. The summed E-state index contributed by atoms with van der Waals surface area (Å²) < 4.78 is 5.20. The number of amides is 1.